The standard InChI is InChI=1S/C18H20Br2O6S2/c1-11(2)25-27(21,22)17-9-13(5-7-15(17)19)14-6-8-16(20)18(10-14)28(23,24)26-12(3)4/h5-12H,1-4H3. The van der Waals surface area contributed by atoms with Crippen LogP contribution < -0.4 is 0 Å². The lowest BCUT2D eigenvalue weighted by Crippen LogP contribution is -2.13. The zero-order valence-corrected chi connectivity index (χ0v) is 20.4. The Morgan fingerprint density at radius 1 is 0.679 bits per heavy atom. The van der Waals surface area contributed by atoms with E-state index in [1.807, 2.05) is 0 Å². The normalized spacial score (nSPS) is 12.7. The smallest absolute Gasteiger partial charge is 0.264 e. The van der Waals surface area contributed by atoms with Crippen molar-refractivity contribution in [2.45, 2.75) is 49.7 Å². The van der Waals surface area contributed by atoms with Crippen molar-refractivity contribution >= 4 is 52.1 Å². The van der Waals surface area contributed by atoms with Crippen LogP contribution in [0.3, 0.4) is 0 Å². The predicted octanol–water partition coefficient (Wildman–Crippen LogP) is 5.11. The highest BCUT2D eigenvalue weighted by atomic mass is 79.9. The number of rotatable bonds is 7. The van der Waals surface area contributed by atoms with Crippen molar-refractivity contribution in [1.82, 2.24) is 0 Å². The summed E-state index contributed by atoms with van der Waals surface area (Å²) in [6.45, 7) is 6.48. The molecule has 0 saturated carbocycles. The topological polar surface area (TPSA) is 86.7 Å². The third-order valence-electron chi connectivity index (χ3n) is 3.37. The van der Waals surface area contributed by atoms with E-state index in [1.165, 1.54) is 12.1 Å². The summed E-state index contributed by atoms with van der Waals surface area (Å²) in [7, 11) is -7.96. The fraction of sp³-hybridized carbons (Fsp3) is 0.333. The predicted molar refractivity (Wildman–Crippen MR) is 114 cm³/mol. The molecule has 0 fully saturated rings. The number of halogens is 2. The molecule has 2 rings (SSSR count). The van der Waals surface area contributed by atoms with Crippen molar-refractivity contribution in [3.63, 3.8) is 0 Å². The first-order valence-electron chi connectivity index (χ1n) is 8.29. The van der Waals surface area contributed by atoms with E-state index in [-0.39, 0.29) is 9.79 Å². The molecule has 154 valence electrons. The maximum Gasteiger partial charge on any atom is 0.298 e. The Kier molecular flexibility index (Phi) is 7.49. The van der Waals surface area contributed by atoms with Gasteiger partial charge in [0.25, 0.3) is 20.2 Å². The minimum atomic E-state index is -3.98. The molecule has 28 heavy (non-hydrogen) atoms. The highest BCUT2D eigenvalue weighted by Gasteiger charge is 2.23. The summed E-state index contributed by atoms with van der Waals surface area (Å²) >= 11 is 6.46. The lowest BCUT2D eigenvalue weighted by atomic mass is 10.1. The molecule has 6 nitrogen and oxygen atoms in total. The zero-order valence-electron chi connectivity index (χ0n) is 15.6. The van der Waals surface area contributed by atoms with Gasteiger partial charge < -0.3 is 0 Å². The molecule has 2 aromatic carbocycles. The molecule has 0 saturated heterocycles. The molecular weight excluding hydrogens is 536 g/mol. The van der Waals surface area contributed by atoms with Crippen molar-refractivity contribution in [3.8, 4) is 11.1 Å². The van der Waals surface area contributed by atoms with Crippen LogP contribution in [0.4, 0.5) is 0 Å². The third kappa shape index (κ3) is 5.64. The first-order valence-corrected chi connectivity index (χ1v) is 12.7. The lowest BCUT2D eigenvalue weighted by molar-refractivity contribution is 0.247. The molecule has 0 unspecified atom stereocenters. The minimum Gasteiger partial charge on any atom is -0.264 e. The van der Waals surface area contributed by atoms with Crippen LogP contribution in [0.2, 0.25) is 0 Å². The number of hydrogen-bond donors (Lipinski definition) is 0. The molecule has 0 aromatic heterocycles. The molecule has 0 N–H and O–H groups in total. The zero-order chi connectivity index (χ0) is 21.3. The van der Waals surface area contributed by atoms with Crippen LogP contribution in [0.5, 0.6) is 0 Å². The van der Waals surface area contributed by atoms with Crippen LogP contribution in [0.1, 0.15) is 27.7 Å². The van der Waals surface area contributed by atoms with E-state index in [9.17, 15) is 16.8 Å². The number of hydrogen-bond acceptors (Lipinski definition) is 6. The van der Waals surface area contributed by atoms with Crippen molar-refractivity contribution in [2.24, 2.45) is 0 Å². The van der Waals surface area contributed by atoms with Gasteiger partial charge in [-0.3, -0.25) is 8.37 Å². The molecule has 0 aliphatic carbocycles. The van der Waals surface area contributed by atoms with Gasteiger partial charge in [-0.2, -0.15) is 16.8 Å². The minimum absolute atomic E-state index is 0.0375. The summed E-state index contributed by atoms with van der Waals surface area (Å²) < 4.78 is 60.7. The van der Waals surface area contributed by atoms with E-state index in [2.05, 4.69) is 31.9 Å². The fourth-order valence-electron chi connectivity index (χ4n) is 2.36. The first kappa shape index (κ1) is 23.5. The molecule has 0 aliphatic heterocycles. The van der Waals surface area contributed by atoms with Gasteiger partial charge in [0.1, 0.15) is 9.79 Å². The Bertz CT molecular complexity index is 990. The van der Waals surface area contributed by atoms with Gasteiger partial charge in [0, 0.05) is 8.95 Å². The second-order valence-corrected chi connectivity index (χ2v) is 11.3. The maximum atomic E-state index is 12.5. The van der Waals surface area contributed by atoms with E-state index in [0.717, 1.165) is 0 Å². The van der Waals surface area contributed by atoms with Gasteiger partial charge in [0.15, 0.2) is 0 Å². The summed E-state index contributed by atoms with van der Waals surface area (Å²) in [6, 6.07) is 9.39. The molecule has 0 heterocycles. The van der Waals surface area contributed by atoms with Crippen molar-refractivity contribution in [2.75, 3.05) is 0 Å². The van der Waals surface area contributed by atoms with Crippen LogP contribution in [0.25, 0.3) is 11.1 Å². The largest absolute Gasteiger partial charge is 0.298 e. The molecule has 0 atom stereocenters. The van der Waals surface area contributed by atoms with Gasteiger partial charge >= 0.3 is 0 Å². The molecule has 0 bridgehead atoms. The Labute approximate surface area is 182 Å². The summed E-state index contributed by atoms with van der Waals surface area (Å²) in [4.78, 5) is -0.0751. The highest BCUT2D eigenvalue weighted by molar-refractivity contribution is 9.10. The van der Waals surface area contributed by atoms with Crippen molar-refractivity contribution < 1.29 is 25.2 Å². The van der Waals surface area contributed by atoms with Crippen LogP contribution >= 0.6 is 31.9 Å². The van der Waals surface area contributed by atoms with E-state index in [0.29, 0.717) is 20.1 Å². The van der Waals surface area contributed by atoms with Crippen molar-refractivity contribution in [1.29, 1.82) is 0 Å². The SMILES string of the molecule is CC(C)OS(=O)(=O)c1cc(-c2ccc(Br)c(S(=O)(=O)OC(C)C)c2)ccc1Br. The van der Waals surface area contributed by atoms with Gasteiger partial charge in [-0.1, -0.05) is 12.1 Å². The van der Waals surface area contributed by atoms with Gasteiger partial charge in [-0.15, -0.1) is 0 Å². The average molecular weight is 556 g/mol. The van der Waals surface area contributed by atoms with E-state index < -0.39 is 32.4 Å². The van der Waals surface area contributed by atoms with Crippen molar-refractivity contribution in [3.05, 3.63) is 45.3 Å². The van der Waals surface area contributed by atoms with Gasteiger partial charge in [-0.05, 0) is 94.9 Å². The third-order valence-corrected chi connectivity index (χ3v) is 8.31. The fourth-order valence-corrected chi connectivity index (χ4v) is 6.42. The molecule has 0 spiro atoms. The van der Waals surface area contributed by atoms with E-state index in [1.54, 1.807) is 52.0 Å². The highest BCUT2D eigenvalue weighted by Crippen LogP contribution is 2.33. The second kappa shape index (κ2) is 8.93. The van der Waals surface area contributed by atoms with E-state index >= 15 is 0 Å². The summed E-state index contributed by atoms with van der Waals surface area (Å²) in [5.74, 6) is 0. The molecule has 0 amide bonds. The molecule has 0 aliphatic rings. The first-order chi connectivity index (χ1) is 12.8. The Hall–Kier alpha value is -0.780. The van der Waals surface area contributed by atoms with Gasteiger partial charge in [0.2, 0.25) is 0 Å². The summed E-state index contributed by atoms with van der Waals surface area (Å²) in [5, 5.41) is 0. The number of benzene rings is 2. The van der Waals surface area contributed by atoms with Gasteiger partial charge in [-0.25, -0.2) is 0 Å². The quantitative estimate of drug-likeness (QED) is 0.441. The molecule has 0 radical (unpaired) electrons. The summed E-state index contributed by atoms with van der Waals surface area (Å²) in [6.07, 6.45) is -1.03. The average Bonchev–Trinajstić information content (AvgIpc) is 2.53. The van der Waals surface area contributed by atoms with Crippen LogP contribution in [-0.4, -0.2) is 29.0 Å². The van der Waals surface area contributed by atoms with Crippen LogP contribution in [0.15, 0.2) is 55.1 Å². The van der Waals surface area contributed by atoms with E-state index in [4.69, 9.17) is 8.37 Å². The van der Waals surface area contributed by atoms with Gasteiger partial charge in [0.05, 0.1) is 12.2 Å². The monoisotopic (exact) mass is 554 g/mol. The lowest BCUT2D eigenvalue weighted by Gasteiger charge is -2.13. The molecular formula is C18H20Br2O6S2. The maximum absolute atomic E-state index is 12.5. The van der Waals surface area contributed by atoms with Crippen LogP contribution in [-0.2, 0) is 28.6 Å². The Morgan fingerprint density at radius 2 is 1.00 bits per heavy atom. The Balaban J connectivity index is 2.58. The molecule has 10 heteroatoms. The Morgan fingerprint density at radius 3 is 1.29 bits per heavy atom. The molecule has 2 aromatic rings. The van der Waals surface area contributed by atoms with Crippen LogP contribution in [0, 0.1) is 0 Å². The summed E-state index contributed by atoms with van der Waals surface area (Å²) in [5.41, 5.74) is 1.03. The second-order valence-electron chi connectivity index (χ2n) is 6.49.